The lowest BCUT2D eigenvalue weighted by Gasteiger charge is -2.24. The first-order valence-corrected chi connectivity index (χ1v) is 7.27. The van der Waals surface area contributed by atoms with Crippen molar-refractivity contribution in [2.24, 2.45) is 5.73 Å². The van der Waals surface area contributed by atoms with E-state index in [9.17, 15) is 4.79 Å². The molecule has 0 bridgehead atoms. The highest BCUT2D eigenvalue weighted by Gasteiger charge is 2.18. The topological polar surface area (TPSA) is 46.3 Å². The van der Waals surface area contributed by atoms with E-state index in [2.05, 4.69) is 19.1 Å². The van der Waals surface area contributed by atoms with Crippen molar-refractivity contribution in [3.8, 4) is 0 Å². The summed E-state index contributed by atoms with van der Waals surface area (Å²) in [7, 11) is 0. The van der Waals surface area contributed by atoms with Crippen LogP contribution in [0, 0.1) is 0 Å². The molecule has 0 saturated carbocycles. The largest absolute Gasteiger partial charge is 0.341 e. The summed E-state index contributed by atoms with van der Waals surface area (Å²) in [5.41, 5.74) is 7.22. The van der Waals surface area contributed by atoms with E-state index in [-0.39, 0.29) is 11.9 Å². The molecule has 0 radical (unpaired) electrons. The number of amides is 1. The third-order valence-electron chi connectivity index (χ3n) is 3.39. The Morgan fingerprint density at radius 2 is 1.95 bits per heavy atom. The second-order valence-electron chi connectivity index (χ2n) is 4.90. The minimum Gasteiger partial charge on any atom is -0.341 e. The van der Waals surface area contributed by atoms with Gasteiger partial charge in [-0.05, 0) is 25.3 Å². The number of unbranched alkanes of at least 4 members (excludes halogenated alkanes) is 1. The summed E-state index contributed by atoms with van der Waals surface area (Å²) in [4.78, 5) is 14.1. The number of likely N-dealkylation sites (N-methyl/N-ethyl adjacent to an activating group) is 1. The van der Waals surface area contributed by atoms with E-state index in [1.165, 1.54) is 5.56 Å². The molecule has 106 valence electrons. The maximum Gasteiger partial charge on any atom is 0.239 e. The Morgan fingerprint density at radius 1 is 1.26 bits per heavy atom. The number of hydrogen-bond acceptors (Lipinski definition) is 2. The minimum absolute atomic E-state index is 0.0897. The smallest absolute Gasteiger partial charge is 0.239 e. The maximum absolute atomic E-state index is 12.2. The summed E-state index contributed by atoms with van der Waals surface area (Å²) < 4.78 is 0. The highest BCUT2D eigenvalue weighted by Crippen LogP contribution is 2.05. The van der Waals surface area contributed by atoms with Gasteiger partial charge in [0.05, 0.1) is 6.04 Å². The fraction of sp³-hybridized carbons (Fsp3) is 0.562. The van der Waals surface area contributed by atoms with Crippen LogP contribution >= 0.6 is 0 Å². The van der Waals surface area contributed by atoms with E-state index in [4.69, 9.17) is 5.73 Å². The number of carbonyl (C=O) groups is 1. The van der Waals surface area contributed by atoms with Gasteiger partial charge in [-0.3, -0.25) is 4.79 Å². The first-order valence-electron chi connectivity index (χ1n) is 7.27. The summed E-state index contributed by atoms with van der Waals surface area (Å²) in [6, 6.07) is 9.91. The van der Waals surface area contributed by atoms with Gasteiger partial charge in [-0.25, -0.2) is 0 Å². The van der Waals surface area contributed by atoms with Crippen LogP contribution in [0.1, 0.15) is 38.7 Å². The Morgan fingerprint density at radius 3 is 2.53 bits per heavy atom. The van der Waals surface area contributed by atoms with Crippen LogP contribution in [0.3, 0.4) is 0 Å². The molecular weight excluding hydrogens is 236 g/mol. The van der Waals surface area contributed by atoms with Gasteiger partial charge in [-0.2, -0.15) is 0 Å². The molecule has 19 heavy (non-hydrogen) atoms. The molecule has 2 N–H and O–H groups in total. The van der Waals surface area contributed by atoms with Gasteiger partial charge in [0.15, 0.2) is 0 Å². The number of benzene rings is 1. The third-order valence-corrected chi connectivity index (χ3v) is 3.39. The molecule has 0 heterocycles. The Labute approximate surface area is 116 Å². The number of rotatable bonds is 8. The lowest BCUT2D eigenvalue weighted by atomic mass is 10.1. The van der Waals surface area contributed by atoms with Crippen LogP contribution in [-0.4, -0.2) is 29.9 Å². The fourth-order valence-corrected chi connectivity index (χ4v) is 2.11. The first kappa shape index (κ1) is 15.7. The molecule has 1 rings (SSSR count). The van der Waals surface area contributed by atoms with Crippen molar-refractivity contribution in [3.63, 3.8) is 0 Å². The first-order chi connectivity index (χ1) is 9.19. The number of nitrogens with two attached hydrogens (primary N) is 1. The Hall–Kier alpha value is -1.35. The average molecular weight is 262 g/mol. The van der Waals surface area contributed by atoms with E-state index in [0.717, 1.165) is 38.8 Å². The highest BCUT2D eigenvalue weighted by atomic mass is 16.2. The van der Waals surface area contributed by atoms with E-state index in [1.807, 2.05) is 30.0 Å². The second-order valence-corrected chi connectivity index (χ2v) is 4.90. The molecule has 1 atom stereocenters. The van der Waals surface area contributed by atoms with Crippen molar-refractivity contribution < 1.29 is 4.79 Å². The van der Waals surface area contributed by atoms with Crippen molar-refractivity contribution in [3.05, 3.63) is 35.9 Å². The van der Waals surface area contributed by atoms with E-state index < -0.39 is 0 Å². The minimum atomic E-state index is -0.337. The normalized spacial score (nSPS) is 12.2. The zero-order valence-electron chi connectivity index (χ0n) is 12.1. The molecule has 0 aliphatic rings. The van der Waals surface area contributed by atoms with Crippen LogP contribution < -0.4 is 5.73 Å². The van der Waals surface area contributed by atoms with Gasteiger partial charge >= 0.3 is 0 Å². The Bertz CT molecular complexity index is 364. The summed E-state index contributed by atoms with van der Waals surface area (Å²) in [5.74, 6) is 0.0897. The molecule has 0 aliphatic heterocycles. The van der Waals surface area contributed by atoms with Crippen LogP contribution in [0.4, 0.5) is 0 Å². The molecule has 0 fully saturated rings. The number of hydrogen-bond donors (Lipinski definition) is 1. The molecule has 0 saturated heterocycles. The van der Waals surface area contributed by atoms with Gasteiger partial charge in [-0.15, -0.1) is 0 Å². The van der Waals surface area contributed by atoms with Gasteiger partial charge in [-0.1, -0.05) is 50.1 Å². The van der Waals surface area contributed by atoms with Crippen molar-refractivity contribution in [2.45, 2.75) is 45.6 Å². The van der Waals surface area contributed by atoms with Crippen LogP contribution in [0.25, 0.3) is 0 Å². The van der Waals surface area contributed by atoms with Crippen LogP contribution in [-0.2, 0) is 11.2 Å². The molecule has 1 amide bonds. The molecule has 1 aromatic carbocycles. The Kier molecular flexibility index (Phi) is 7.19. The molecular formula is C16H26N2O. The van der Waals surface area contributed by atoms with Crippen molar-refractivity contribution in [1.82, 2.24) is 4.90 Å². The quantitative estimate of drug-likeness (QED) is 0.782. The molecule has 1 aromatic rings. The zero-order chi connectivity index (χ0) is 14.1. The van der Waals surface area contributed by atoms with Crippen LogP contribution in [0.5, 0.6) is 0 Å². The standard InChI is InChI=1S/C16H26N2O/c1-3-5-11-15(17)16(19)18(4-2)13-12-14-9-7-6-8-10-14/h6-10,15H,3-5,11-13,17H2,1-2H3/t15-/m0/s1. The zero-order valence-corrected chi connectivity index (χ0v) is 12.1. The molecule has 3 heteroatoms. The third kappa shape index (κ3) is 5.43. The van der Waals surface area contributed by atoms with Crippen molar-refractivity contribution in [1.29, 1.82) is 0 Å². The predicted molar refractivity (Wildman–Crippen MR) is 79.9 cm³/mol. The molecule has 3 nitrogen and oxygen atoms in total. The number of nitrogens with zero attached hydrogens (tertiary/aromatic N) is 1. The van der Waals surface area contributed by atoms with E-state index in [0.29, 0.717) is 0 Å². The predicted octanol–water partition coefficient (Wildman–Crippen LogP) is 2.60. The van der Waals surface area contributed by atoms with Gasteiger partial charge in [0.2, 0.25) is 5.91 Å². The summed E-state index contributed by atoms with van der Waals surface area (Å²) in [6.07, 6.45) is 3.78. The summed E-state index contributed by atoms with van der Waals surface area (Å²) in [5, 5.41) is 0. The SMILES string of the molecule is CCCC[C@H](N)C(=O)N(CC)CCc1ccccc1. The maximum atomic E-state index is 12.2. The van der Waals surface area contributed by atoms with E-state index in [1.54, 1.807) is 0 Å². The summed E-state index contributed by atoms with van der Waals surface area (Å²) >= 11 is 0. The van der Waals surface area contributed by atoms with Crippen LogP contribution in [0.2, 0.25) is 0 Å². The molecule has 0 spiro atoms. The van der Waals surface area contributed by atoms with Crippen molar-refractivity contribution in [2.75, 3.05) is 13.1 Å². The average Bonchev–Trinajstić information content (AvgIpc) is 2.46. The molecule has 0 aliphatic carbocycles. The number of carbonyl (C=O) groups excluding carboxylic acids is 1. The molecule has 0 unspecified atom stereocenters. The summed E-state index contributed by atoms with van der Waals surface area (Å²) in [6.45, 7) is 5.60. The molecule has 0 aromatic heterocycles. The van der Waals surface area contributed by atoms with Crippen molar-refractivity contribution >= 4 is 5.91 Å². The monoisotopic (exact) mass is 262 g/mol. The Balaban J connectivity index is 2.46. The lowest BCUT2D eigenvalue weighted by Crippen LogP contribution is -2.44. The van der Waals surface area contributed by atoms with Gasteiger partial charge in [0.1, 0.15) is 0 Å². The lowest BCUT2D eigenvalue weighted by molar-refractivity contribution is -0.132. The van der Waals surface area contributed by atoms with Crippen LogP contribution in [0.15, 0.2) is 30.3 Å². The second kappa shape index (κ2) is 8.70. The highest BCUT2D eigenvalue weighted by molar-refractivity contribution is 5.81. The van der Waals surface area contributed by atoms with E-state index >= 15 is 0 Å². The fourth-order valence-electron chi connectivity index (χ4n) is 2.11. The van der Waals surface area contributed by atoms with Gasteiger partial charge < -0.3 is 10.6 Å². The van der Waals surface area contributed by atoms with Gasteiger partial charge in [0.25, 0.3) is 0 Å². The van der Waals surface area contributed by atoms with Gasteiger partial charge in [0, 0.05) is 13.1 Å².